The lowest BCUT2D eigenvalue weighted by Crippen LogP contribution is -2.06. The zero-order chi connectivity index (χ0) is 9.14. The van der Waals surface area contributed by atoms with Gasteiger partial charge in [-0.3, -0.25) is 0 Å². The smallest absolute Gasteiger partial charge is 0.118 e. The van der Waals surface area contributed by atoms with Crippen molar-refractivity contribution in [2.75, 3.05) is 0 Å². The fourth-order valence-corrected chi connectivity index (χ4v) is 1.53. The highest BCUT2D eigenvalue weighted by atomic mass is 19.1. The summed E-state index contributed by atoms with van der Waals surface area (Å²) in [6.07, 6.45) is 4.70. The minimum atomic E-state index is -0.268. The molecule has 0 aromatic carbocycles. The van der Waals surface area contributed by atoms with Crippen LogP contribution in [0.5, 0.6) is 0 Å². The first-order chi connectivity index (χ1) is 5.61. The van der Waals surface area contributed by atoms with E-state index in [-0.39, 0.29) is 5.83 Å². The molecule has 0 saturated carbocycles. The molecule has 0 saturated heterocycles. The monoisotopic (exact) mass is 166 g/mol. The van der Waals surface area contributed by atoms with E-state index in [1.807, 2.05) is 13.0 Å². The summed E-state index contributed by atoms with van der Waals surface area (Å²) in [4.78, 5) is 0. The molecule has 1 aliphatic carbocycles. The first kappa shape index (κ1) is 9.24. The molecule has 0 bridgehead atoms. The van der Waals surface area contributed by atoms with Crippen LogP contribution in [0.2, 0.25) is 0 Å². The predicted octanol–water partition coefficient (Wildman–Crippen LogP) is 3.77. The van der Waals surface area contributed by atoms with Crippen molar-refractivity contribution in [1.29, 1.82) is 0 Å². The molecule has 12 heavy (non-hydrogen) atoms. The van der Waals surface area contributed by atoms with E-state index in [0.29, 0.717) is 5.92 Å². The third-order valence-corrected chi connectivity index (χ3v) is 2.46. The Balaban J connectivity index is 2.59. The van der Waals surface area contributed by atoms with Gasteiger partial charge in [-0.05, 0) is 37.7 Å². The summed E-state index contributed by atoms with van der Waals surface area (Å²) in [7, 11) is 0. The van der Waals surface area contributed by atoms with Gasteiger partial charge in [0.1, 0.15) is 5.83 Å². The second kappa shape index (κ2) is 3.70. The Morgan fingerprint density at radius 3 is 2.58 bits per heavy atom. The van der Waals surface area contributed by atoms with Gasteiger partial charge >= 0.3 is 0 Å². The van der Waals surface area contributed by atoms with E-state index < -0.39 is 0 Å². The van der Waals surface area contributed by atoms with E-state index in [9.17, 15) is 4.39 Å². The Hall–Kier alpha value is -0.850. The fraction of sp³-hybridized carbons (Fsp3) is 0.455. The van der Waals surface area contributed by atoms with Gasteiger partial charge in [0.25, 0.3) is 0 Å². The van der Waals surface area contributed by atoms with Gasteiger partial charge in [-0.15, -0.1) is 0 Å². The van der Waals surface area contributed by atoms with Crippen molar-refractivity contribution in [3.63, 3.8) is 0 Å². The van der Waals surface area contributed by atoms with Gasteiger partial charge in [0.15, 0.2) is 0 Å². The van der Waals surface area contributed by atoms with E-state index in [2.05, 4.69) is 13.2 Å². The van der Waals surface area contributed by atoms with Gasteiger partial charge in [0, 0.05) is 0 Å². The average molecular weight is 166 g/mol. The minimum Gasteiger partial charge on any atom is -0.207 e. The van der Waals surface area contributed by atoms with Crippen LogP contribution in [0.3, 0.4) is 0 Å². The van der Waals surface area contributed by atoms with Crippen LogP contribution < -0.4 is 0 Å². The van der Waals surface area contributed by atoms with Crippen LogP contribution in [0.1, 0.15) is 26.2 Å². The van der Waals surface area contributed by atoms with Crippen LogP contribution in [0.4, 0.5) is 4.39 Å². The Kier molecular flexibility index (Phi) is 2.85. The summed E-state index contributed by atoms with van der Waals surface area (Å²) in [5.74, 6) is 0.281. The number of allylic oxidation sites excluding steroid dienone is 4. The molecule has 66 valence electrons. The second-order valence-electron chi connectivity index (χ2n) is 3.45. The van der Waals surface area contributed by atoms with Gasteiger partial charge in [-0.25, -0.2) is 4.39 Å². The van der Waals surface area contributed by atoms with Crippen LogP contribution in [-0.2, 0) is 0 Å². The molecule has 1 rings (SSSR count). The molecule has 0 heterocycles. The molecular weight excluding hydrogens is 151 g/mol. The molecule has 0 N–H and O–H groups in total. The molecular formula is C11H15F. The normalized spacial score (nSPS) is 23.2. The first-order valence-corrected chi connectivity index (χ1v) is 4.30. The molecule has 0 fully saturated rings. The Morgan fingerprint density at radius 1 is 1.58 bits per heavy atom. The lowest BCUT2D eigenvalue weighted by Gasteiger charge is -2.20. The molecule has 1 atom stereocenters. The minimum absolute atomic E-state index is 0.268. The van der Waals surface area contributed by atoms with E-state index in [1.165, 1.54) is 5.57 Å². The van der Waals surface area contributed by atoms with Gasteiger partial charge in [-0.2, -0.15) is 0 Å². The van der Waals surface area contributed by atoms with Crippen molar-refractivity contribution in [3.05, 3.63) is 36.2 Å². The van der Waals surface area contributed by atoms with Crippen molar-refractivity contribution in [2.45, 2.75) is 26.2 Å². The number of halogens is 1. The van der Waals surface area contributed by atoms with Gasteiger partial charge in [0.2, 0.25) is 0 Å². The second-order valence-corrected chi connectivity index (χ2v) is 3.45. The molecule has 0 aromatic rings. The Bertz CT molecular complexity index is 235. The third-order valence-electron chi connectivity index (χ3n) is 2.46. The van der Waals surface area contributed by atoms with Crippen LogP contribution in [0.15, 0.2) is 36.2 Å². The summed E-state index contributed by atoms with van der Waals surface area (Å²) in [6, 6.07) is 0. The number of hydrogen-bond acceptors (Lipinski definition) is 0. The van der Waals surface area contributed by atoms with Crippen LogP contribution in [0, 0.1) is 5.92 Å². The fourth-order valence-electron chi connectivity index (χ4n) is 1.53. The van der Waals surface area contributed by atoms with Crippen molar-refractivity contribution in [1.82, 2.24) is 0 Å². The maximum atomic E-state index is 12.6. The highest BCUT2D eigenvalue weighted by Crippen LogP contribution is 2.30. The summed E-state index contributed by atoms with van der Waals surface area (Å²) in [6.45, 7) is 9.23. The summed E-state index contributed by atoms with van der Waals surface area (Å²) < 4.78 is 12.6. The number of rotatable bonds is 2. The van der Waals surface area contributed by atoms with Gasteiger partial charge in [0.05, 0.1) is 0 Å². The quantitative estimate of drug-likeness (QED) is 0.548. The largest absolute Gasteiger partial charge is 0.207 e. The van der Waals surface area contributed by atoms with E-state index >= 15 is 0 Å². The maximum absolute atomic E-state index is 12.6. The van der Waals surface area contributed by atoms with Crippen molar-refractivity contribution in [2.24, 2.45) is 5.92 Å². The zero-order valence-electron chi connectivity index (χ0n) is 7.57. The van der Waals surface area contributed by atoms with Crippen molar-refractivity contribution in [3.8, 4) is 0 Å². The van der Waals surface area contributed by atoms with Crippen molar-refractivity contribution >= 4 is 0 Å². The summed E-state index contributed by atoms with van der Waals surface area (Å²) in [5, 5.41) is 0. The number of hydrogen-bond donors (Lipinski definition) is 0. The Morgan fingerprint density at radius 2 is 2.25 bits per heavy atom. The van der Waals surface area contributed by atoms with Crippen LogP contribution in [-0.4, -0.2) is 0 Å². The molecule has 0 aliphatic heterocycles. The van der Waals surface area contributed by atoms with Crippen LogP contribution >= 0.6 is 0 Å². The van der Waals surface area contributed by atoms with E-state index in [0.717, 1.165) is 24.8 Å². The first-order valence-electron chi connectivity index (χ1n) is 4.30. The topological polar surface area (TPSA) is 0 Å². The van der Waals surface area contributed by atoms with E-state index in [1.54, 1.807) is 0 Å². The summed E-state index contributed by atoms with van der Waals surface area (Å²) in [5.41, 5.74) is 1.99. The standard InChI is InChI=1S/C11H15F/c1-8(2)10-4-6-11(7-5-10)9(3)12/h6,10H,1,3-5,7H2,2H3. The van der Waals surface area contributed by atoms with E-state index in [4.69, 9.17) is 0 Å². The van der Waals surface area contributed by atoms with Gasteiger partial charge < -0.3 is 0 Å². The lowest BCUT2D eigenvalue weighted by atomic mass is 9.85. The molecule has 0 aromatic heterocycles. The molecule has 1 aliphatic rings. The lowest BCUT2D eigenvalue weighted by molar-refractivity contribution is 0.523. The van der Waals surface area contributed by atoms with Crippen LogP contribution in [0.25, 0.3) is 0 Å². The average Bonchev–Trinajstić information content (AvgIpc) is 2.04. The van der Waals surface area contributed by atoms with Crippen molar-refractivity contribution < 1.29 is 4.39 Å². The molecule has 0 nitrogen and oxygen atoms in total. The summed E-state index contributed by atoms with van der Waals surface area (Å²) >= 11 is 0. The Labute approximate surface area is 73.5 Å². The molecule has 0 spiro atoms. The van der Waals surface area contributed by atoms with Gasteiger partial charge in [-0.1, -0.05) is 24.8 Å². The zero-order valence-corrected chi connectivity index (χ0v) is 7.57. The SMILES string of the molecule is C=C(F)C1=CCC(C(=C)C)CC1. The highest BCUT2D eigenvalue weighted by Gasteiger charge is 2.15. The molecule has 0 radical (unpaired) electrons. The molecule has 0 amide bonds. The molecule has 1 heteroatoms. The molecule has 1 unspecified atom stereocenters. The maximum Gasteiger partial charge on any atom is 0.118 e. The predicted molar refractivity (Wildman–Crippen MR) is 50.5 cm³/mol. The third kappa shape index (κ3) is 2.07. The highest BCUT2D eigenvalue weighted by molar-refractivity contribution is 5.25.